The van der Waals surface area contributed by atoms with Gasteiger partial charge >= 0.3 is 0 Å². The summed E-state index contributed by atoms with van der Waals surface area (Å²) >= 11 is 0. The number of benzene rings is 1. The van der Waals surface area contributed by atoms with E-state index in [1.165, 1.54) is 48.9 Å². The average molecular weight is 272 g/mol. The van der Waals surface area contributed by atoms with Crippen LogP contribution in [0.4, 0.5) is 0 Å². The molecule has 2 heterocycles. The van der Waals surface area contributed by atoms with Crippen molar-refractivity contribution in [1.82, 2.24) is 10.2 Å². The Hall–Kier alpha value is -0.860. The Morgan fingerprint density at radius 3 is 2.45 bits per heavy atom. The molecule has 2 heteroatoms. The van der Waals surface area contributed by atoms with Crippen molar-refractivity contribution < 1.29 is 0 Å². The van der Waals surface area contributed by atoms with Gasteiger partial charge in [0.05, 0.1) is 0 Å². The lowest BCUT2D eigenvalue weighted by molar-refractivity contribution is 0.133. The summed E-state index contributed by atoms with van der Waals surface area (Å²) in [5.41, 5.74) is 4.21. The molecule has 0 radical (unpaired) electrons. The molecular formula is C18H28N2. The third kappa shape index (κ3) is 2.91. The average Bonchev–Trinajstić information content (AvgIpc) is 2.65. The summed E-state index contributed by atoms with van der Waals surface area (Å²) < 4.78 is 0. The van der Waals surface area contributed by atoms with Crippen molar-refractivity contribution in [3.05, 3.63) is 34.9 Å². The number of fused-ring (bicyclic) bond motifs is 2. The van der Waals surface area contributed by atoms with Crippen molar-refractivity contribution in [1.29, 1.82) is 0 Å². The standard InChI is InChI=1S/C18H28N2/c1-13-4-5-15(8-14(13)2)11-19-12-16-9-17-6-7-18(10-16)20(17)3/h4-5,8,16-19H,6-7,9-12H2,1-3H3. The van der Waals surface area contributed by atoms with Crippen LogP contribution in [0, 0.1) is 19.8 Å². The van der Waals surface area contributed by atoms with E-state index in [1.54, 1.807) is 0 Å². The lowest BCUT2D eigenvalue weighted by atomic mass is 9.91. The molecule has 0 aromatic heterocycles. The summed E-state index contributed by atoms with van der Waals surface area (Å²) in [4.78, 5) is 2.62. The molecule has 2 bridgehead atoms. The van der Waals surface area contributed by atoms with Crippen LogP contribution in [0.1, 0.15) is 42.4 Å². The second-order valence-electron chi connectivity index (χ2n) is 6.94. The highest BCUT2D eigenvalue weighted by atomic mass is 15.2. The molecule has 2 atom stereocenters. The van der Waals surface area contributed by atoms with Gasteiger partial charge in [-0.05, 0) is 75.7 Å². The summed E-state index contributed by atoms with van der Waals surface area (Å²) in [6, 6.07) is 8.54. The summed E-state index contributed by atoms with van der Waals surface area (Å²) in [5, 5.41) is 3.68. The Kier molecular flexibility index (Phi) is 4.13. The number of hydrogen-bond donors (Lipinski definition) is 1. The van der Waals surface area contributed by atoms with Crippen LogP contribution in [-0.2, 0) is 6.54 Å². The van der Waals surface area contributed by atoms with Crippen LogP contribution in [-0.4, -0.2) is 30.6 Å². The van der Waals surface area contributed by atoms with Gasteiger partial charge in [0, 0.05) is 18.6 Å². The fourth-order valence-electron chi connectivity index (χ4n) is 4.02. The van der Waals surface area contributed by atoms with Crippen molar-refractivity contribution in [2.45, 2.75) is 58.2 Å². The zero-order valence-corrected chi connectivity index (χ0v) is 13.2. The van der Waals surface area contributed by atoms with Crippen molar-refractivity contribution in [2.24, 2.45) is 5.92 Å². The van der Waals surface area contributed by atoms with Crippen molar-refractivity contribution in [2.75, 3.05) is 13.6 Å². The van der Waals surface area contributed by atoms with Crippen LogP contribution >= 0.6 is 0 Å². The Bertz CT molecular complexity index is 454. The van der Waals surface area contributed by atoms with Crippen LogP contribution in [0.2, 0.25) is 0 Å². The topological polar surface area (TPSA) is 15.3 Å². The van der Waals surface area contributed by atoms with Gasteiger partial charge < -0.3 is 10.2 Å². The molecule has 2 unspecified atom stereocenters. The SMILES string of the molecule is Cc1ccc(CNCC2CC3CCC(C2)N3C)cc1C. The highest BCUT2D eigenvalue weighted by Crippen LogP contribution is 2.37. The van der Waals surface area contributed by atoms with Gasteiger partial charge in [-0.25, -0.2) is 0 Å². The van der Waals surface area contributed by atoms with Gasteiger partial charge in [-0.3, -0.25) is 0 Å². The van der Waals surface area contributed by atoms with E-state index in [2.05, 4.69) is 49.3 Å². The number of rotatable bonds is 4. The zero-order valence-electron chi connectivity index (χ0n) is 13.2. The van der Waals surface area contributed by atoms with E-state index in [0.29, 0.717) is 0 Å². The quantitative estimate of drug-likeness (QED) is 0.905. The van der Waals surface area contributed by atoms with Crippen molar-refractivity contribution in [3.8, 4) is 0 Å². The van der Waals surface area contributed by atoms with Crippen molar-refractivity contribution >= 4 is 0 Å². The Morgan fingerprint density at radius 1 is 1.10 bits per heavy atom. The molecule has 0 amide bonds. The van der Waals surface area contributed by atoms with Crippen LogP contribution in [0.15, 0.2) is 18.2 Å². The van der Waals surface area contributed by atoms with E-state index in [1.807, 2.05) is 0 Å². The second-order valence-corrected chi connectivity index (χ2v) is 6.94. The maximum Gasteiger partial charge on any atom is 0.0205 e. The maximum absolute atomic E-state index is 3.68. The molecule has 2 aliphatic heterocycles. The van der Waals surface area contributed by atoms with Gasteiger partial charge in [-0.15, -0.1) is 0 Å². The molecule has 1 N–H and O–H groups in total. The molecule has 110 valence electrons. The first-order chi connectivity index (χ1) is 9.63. The summed E-state index contributed by atoms with van der Waals surface area (Å²) in [6.45, 7) is 6.59. The van der Waals surface area contributed by atoms with Crippen molar-refractivity contribution in [3.63, 3.8) is 0 Å². The Labute approximate surface area is 123 Å². The lowest BCUT2D eigenvalue weighted by Crippen LogP contribution is -2.42. The molecular weight excluding hydrogens is 244 g/mol. The third-order valence-corrected chi connectivity index (χ3v) is 5.53. The first-order valence-corrected chi connectivity index (χ1v) is 8.12. The zero-order chi connectivity index (χ0) is 14.1. The smallest absolute Gasteiger partial charge is 0.0205 e. The minimum Gasteiger partial charge on any atom is -0.312 e. The first kappa shape index (κ1) is 14.1. The highest BCUT2D eigenvalue weighted by molar-refractivity contribution is 5.29. The van der Waals surface area contributed by atoms with Gasteiger partial charge in [0.25, 0.3) is 0 Å². The third-order valence-electron chi connectivity index (χ3n) is 5.53. The molecule has 0 aliphatic carbocycles. The molecule has 2 fully saturated rings. The number of nitrogens with one attached hydrogen (secondary N) is 1. The molecule has 20 heavy (non-hydrogen) atoms. The second kappa shape index (κ2) is 5.87. The fourth-order valence-corrected chi connectivity index (χ4v) is 4.02. The Balaban J connectivity index is 1.47. The normalized spacial score (nSPS) is 29.9. The molecule has 0 spiro atoms. The molecule has 3 rings (SSSR count). The maximum atomic E-state index is 3.68. The number of hydrogen-bond acceptors (Lipinski definition) is 2. The highest BCUT2D eigenvalue weighted by Gasteiger charge is 2.37. The van der Waals surface area contributed by atoms with Gasteiger partial charge in [0.2, 0.25) is 0 Å². The fraction of sp³-hybridized carbons (Fsp3) is 0.667. The van der Waals surface area contributed by atoms with Crippen LogP contribution in [0.25, 0.3) is 0 Å². The molecule has 1 aromatic carbocycles. The molecule has 2 aliphatic rings. The van der Waals surface area contributed by atoms with E-state index >= 15 is 0 Å². The minimum absolute atomic E-state index is 0.863. The first-order valence-electron chi connectivity index (χ1n) is 8.12. The summed E-state index contributed by atoms with van der Waals surface area (Å²) in [5.74, 6) is 0.884. The predicted octanol–water partition coefficient (Wildman–Crippen LogP) is 3.27. The van der Waals surface area contributed by atoms with E-state index in [0.717, 1.165) is 24.5 Å². The minimum atomic E-state index is 0.863. The number of aryl methyl sites for hydroxylation is 2. The molecule has 1 aromatic rings. The van der Waals surface area contributed by atoms with Gasteiger partial charge in [-0.1, -0.05) is 18.2 Å². The van der Waals surface area contributed by atoms with Gasteiger partial charge in [0.1, 0.15) is 0 Å². The predicted molar refractivity (Wildman–Crippen MR) is 84.9 cm³/mol. The van der Waals surface area contributed by atoms with E-state index in [-0.39, 0.29) is 0 Å². The summed E-state index contributed by atoms with van der Waals surface area (Å²) in [6.07, 6.45) is 5.64. The van der Waals surface area contributed by atoms with Crippen LogP contribution < -0.4 is 5.32 Å². The molecule has 0 saturated carbocycles. The van der Waals surface area contributed by atoms with Gasteiger partial charge in [0.15, 0.2) is 0 Å². The van der Waals surface area contributed by atoms with E-state index in [9.17, 15) is 0 Å². The molecule has 2 saturated heterocycles. The largest absolute Gasteiger partial charge is 0.312 e. The number of nitrogens with zero attached hydrogens (tertiary/aromatic N) is 1. The monoisotopic (exact) mass is 272 g/mol. The van der Waals surface area contributed by atoms with Crippen LogP contribution in [0.5, 0.6) is 0 Å². The lowest BCUT2D eigenvalue weighted by Gasteiger charge is -2.36. The van der Waals surface area contributed by atoms with Crippen LogP contribution in [0.3, 0.4) is 0 Å². The van der Waals surface area contributed by atoms with E-state index < -0.39 is 0 Å². The van der Waals surface area contributed by atoms with E-state index in [4.69, 9.17) is 0 Å². The number of piperidine rings is 1. The van der Waals surface area contributed by atoms with Gasteiger partial charge in [-0.2, -0.15) is 0 Å². The summed E-state index contributed by atoms with van der Waals surface area (Å²) in [7, 11) is 2.32. The molecule has 2 nitrogen and oxygen atoms in total. The Morgan fingerprint density at radius 2 is 1.80 bits per heavy atom.